The van der Waals surface area contributed by atoms with Crippen LogP contribution < -0.4 is 5.32 Å². The summed E-state index contributed by atoms with van der Waals surface area (Å²) in [6.45, 7) is 6.53. The van der Waals surface area contributed by atoms with Crippen molar-refractivity contribution in [3.05, 3.63) is 53.6 Å². The third-order valence-electron chi connectivity index (χ3n) is 3.73. The molecule has 1 N–H and O–H groups in total. The van der Waals surface area contributed by atoms with Crippen LogP contribution in [0.1, 0.15) is 35.6 Å². The van der Waals surface area contributed by atoms with Gasteiger partial charge < -0.3 is 5.32 Å². The van der Waals surface area contributed by atoms with E-state index in [-0.39, 0.29) is 23.0 Å². The van der Waals surface area contributed by atoms with Crippen LogP contribution in [-0.2, 0) is 16.6 Å². The van der Waals surface area contributed by atoms with E-state index in [1.54, 1.807) is 45.0 Å². The first-order valence-corrected chi connectivity index (χ1v) is 9.48. The molecule has 1 aromatic heterocycles. The van der Waals surface area contributed by atoms with Crippen LogP contribution >= 0.6 is 0 Å². The van der Waals surface area contributed by atoms with Gasteiger partial charge in [0, 0.05) is 25.8 Å². The van der Waals surface area contributed by atoms with E-state index in [1.165, 1.54) is 16.7 Å². The lowest BCUT2D eigenvalue weighted by Gasteiger charge is -2.18. The molecule has 8 heteroatoms. The molecule has 1 heterocycles. The Morgan fingerprint density at radius 1 is 1.08 bits per heavy atom. The number of nitrogens with zero attached hydrogens (tertiary/aromatic N) is 3. The Balaban J connectivity index is 2.03. The zero-order chi connectivity index (χ0) is 18.4. The van der Waals surface area contributed by atoms with Gasteiger partial charge >= 0.3 is 0 Å². The van der Waals surface area contributed by atoms with Crippen molar-refractivity contribution in [2.75, 3.05) is 13.1 Å². The number of carbonyl (C=O) groups is 1. The molecule has 0 spiro atoms. The number of aryl methyl sites for hydroxylation is 1. The highest BCUT2D eigenvalue weighted by Crippen LogP contribution is 2.16. The van der Waals surface area contributed by atoms with Crippen molar-refractivity contribution in [1.82, 2.24) is 19.6 Å². The Morgan fingerprint density at radius 2 is 1.72 bits per heavy atom. The highest BCUT2D eigenvalue weighted by molar-refractivity contribution is 7.89. The first-order valence-electron chi connectivity index (χ1n) is 8.04. The summed E-state index contributed by atoms with van der Waals surface area (Å²) in [7, 11) is -3.47. The van der Waals surface area contributed by atoms with Gasteiger partial charge in [0.15, 0.2) is 0 Å². The topological polar surface area (TPSA) is 92.3 Å². The van der Waals surface area contributed by atoms with Crippen LogP contribution in [0.5, 0.6) is 0 Å². The molecular formula is C17H22N4O3S. The summed E-state index contributed by atoms with van der Waals surface area (Å²) in [5.41, 5.74) is 1.78. The van der Waals surface area contributed by atoms with E-state index in [1.807, 2.05) is 0 Å². The first kappa shape index (κ1) is 19.0. The molecule has 0 fully saturated rings. The van der Waals surface area contributed by atoms with E-state index in [4.69, 9.17) is 0 Å². The largest absolute Gasteiger partial charge is 0.347 e. The Hall–Kier alpha value is -2.32. The van der Waals surface area contributed by atoms with E-state index in [0.717, 1.165) is 11.3 Å². The maximum absolute atomic E-state index is 12.4. The summed E-state index contributed by atoms with van der Waals surface area (Å²) in [5, 5.41) is 2.74. The lowest BCUT2D eigenvalue weighted by molar-refractivity contribution is 0.0945. The van der Waals surface area contributed by atoms with Crippen molar-refractivity contribution >= 4 is 15.9 Å². The van der Waals surface area contributed by atoms with Crippen molar-refractivity contribution in [2.45, 2.75) is 32.2 Å². The molecule has 2 rings (SSSR count). The Labute approximate surface area is 148 Å². The number of nitrogens with one attached hydrogen (secondary N) is 1. The second kappa shape index (κ2) is 8.17. The van der Waals surface area contributed by atoms with Crippen LogP contribution in [0.2, 0.25) is 0 Å². The minimum atomic E-state index is -3.47. The number of amides is 1. The summed E-state index contributed by atoms with van der Waals surface area (Å²) in [4.78, 5) is 20.3. The summed E-state index contributed by atoms with van der Waals surface area (Å²) in [6.07, 6.45) is 2.95. The smallest absolute Gasteiger partial charge is 0.271 e. The van der Waals surface area contributed by atoms with E-state index < -0.39 is 10.0 Å². The lowest BCUT2D eigenvalue weighted by Crippen LogP contribution is -2.30. The molecule has 0 aliphatic carbocycles. The second-order valence-corrected chi connectivity index (χ2v) is 7.40. The van der Waals surface area contributed by atoms with Crippen molar-refractivity contribution in [2.24, 2.45) is 0 Å². The van der Waals surface area contributed by atoms with Crippen molar-refractivity contribution in [3.63, 3.8) is 0 Å². The third kappa shape index (κ3) is 4.61. The molecule has 0 bridgehead atoms. The maximum Gasteiger partial charge on any atom is 0.271 e. The predicted molar refractivity (Wildman–Crippen MR) is 94.5 cm³/mol. The quantitative estimate of drug-likeness (QED) is 0.810. The first-order chi connectivity index (χ1) is 11.9. The maximum atomic E-state index is 12.4. The van der Waals surface area contributed by atoms with Gasteiger partial charge in [-0.15, -0.1) is 0 Å². The number of aromatic nitrogens is 2. The average Bonchev–Trinajstić information content (AvgIpc) is 2.61. The van der Waals surface area contributed by atoms with E-state index in [2.05, 4.69) is 15.3 Å². The van der Waals surface area contributed by atoms with Gasteiger partial charge in [-0.3, -0.25) is 9.78 Å². The fourth-order valence-corrected chi connectivity index (χ4v) is 3.73. The van der Waals surface area contributed by atoms with Crippen LogP contribution in [0.3, 0.4) is 0 Å². The molecule has 0 radical (unpaired) electrons. The number of hydrogen-bond acceptors (Lipinski definition) is 5. The SMILES string of the molecule is CCN(CC)S(=O)(=O)c1ccc(CNC(=O)c2cnc(C)cn2)cc1. The minimum absolute atomic E-state index is 0.242. The monoisotopic (exact) mass is 362 g/mol. The fraction of sp³-hybridized carbons (Fsp3) is 0.353. The van der Waals surface area contributed by atoms with E-state index >= 15 is 0 Å². The molecule has 134 valence electrons. The highest BCUT2D eigenvalue weighted by Gasteiger charge is 2.21. The molecule has 0 aliphatic rings. The third-order valence-corrected chi connectivity index (χ3v) is 5.80. The van der Waals surface area contributed by atoms with Gasteiger partial charge in [0.1, 0.15) is 5.69 Å². The van der Waals surface area contributed by atoms with Crippen LogP contribution in [0.4, 0.5) is 0 Å². The van der Waals surface area contributed by atoms with Crippen LogP contribution in [0, 0.1) is 6.92 Å². The molecule has 1 aromatic carbocycles. The summed E-state index contributed by atoms with van der Waals surface area (Å²) < 4.78 is 26.3. The average molecular weight is 362 g/mol. The summed E-state index contributed by atoms with van der Waals surface area (Å²) in [6, 6.07) is 6.50. The van der Waals surface area contributed by atoms with Crippen LogP contribution in [-0.4, -0.2) is 41.7 Å². The van der Waals surface area contributed by atoms with Gasteiger partial charge in [-0.05, 0) is 24.6 Å². The number of rotatable bonds is 7. The Bertz CT molecular complexity index is 814. The second-order valence-electron chi connectivity index (χ2n) is 5.46. The molecule has 0 saturated carbocycles. The molecule has 7 nitrogen and oxygen atoms in total. The molecule has 1 amide bonds. The normalized spacial score (nSPS) is 11.5. The Morgan fingerprint density at radius 3 is 2.24 bits per heavy atom. The Kier molecular flexibility index (Phi) is 6.22. The number of hydrogen-bond donors (Lipinski definition) is 1. The number of carbonyl (C=O) groups excluding carboxylic acids is 1. The molecule has 2 aromatic rings. The van der Waals surface area contributed by atoms with Gasteiger partial charge in [-0.25, -0.2) is 13.4 Å². The molecule has 0 unspecified atom stereocenters. The highest BCUT2D eigenvalue weighted by atomic mass is 32.2. The molecular weight excluding hydrogens is 340 g/mol. The minimum Gasteiger partial charge on any atom is -0.347 e. The van der Waals surface area contributed by atoms with Crippen LogP contribution in [0.15, 0.2) is 41.6 Å². The van der Waals surface area contributed by atoms with Gasteiger partial charge in [0.2, 0.25) is 10.0 Å². The molecule has 0 atom stereocenters. The fourth-order valence-electron chi connectivity index (χ4n) is 2.27. The standard InChI is InChI=1S/C17H22N4O3S/c1-4-21(5-2)25(23,24)15-8-6-14(7-9-15)11-20-17(22)16-12-18-13(3)10-19-16/h6-10,12H,4-5,11H2,1-3H3,(H,20,22). The number of benzene rings is 1. The van der Waals surface area contributed by atoms with Gasteiger partial charge in [-0.2, -0.15) is 4.31 Å². The van der Waals surface area contributed by atoms with E-state index in [0.29, 0.717) is 13.1 Å². The molecule has 0 aliphatic heterocycles. The predicted octanol–water partition coefficient (Wildman–Crippen LogP) is 1.75. The summed E-state index contributed by atoms with van der Waals surface area (Å²) in [5.74, 6) is -0.327. The summed E-state index contributed by atoms with van der Waals surface area (Å²) >= 11 is 0. The van der Waals surface area contributed by atoms with Crippen molar-refractivity contribution in [1.29, 1.82) is 0 Å². The van der Waals surface area contributed by atoms with Gasteiger partial charge in [-0.1, -0.05) is 26.0 Å². The van der Waals surface area contributed by atoms with E-state index in [9.17, 15) is 13.2 Å². The molecule has 25 heavy (non-hydrogen) atoms. The van der Waals surface area contributed by atoms with Crippen molar-refractivity contribution in [3.8, 4) is 0 Å². The zero-order valence-corrected chi connectivity index (χ0v) is 15.4. The lowest BCUT2D eigenvalue weighted by atomic mass is 10.2. The zero-order valence-electron chi connectivity index (χ0n) is 14.6. The molecule has 0 saturated heterocycles. The van der Waals surface area contributed by atoms with Gasteiger partial charge in [0.25, 0.3) is 5.91 Å². The van der Waals surface area contributed by atoms with Crippen molar-refractivity contribution < 1.29 is 13.2 Å². The number of sulfonamides is 1. The van der Waals surface area contributed by atoms with Crippen LogP contribution in [0.25, 0.3) is 0 Å². The van der Waals surface area contributed by atoms with Gasteiger partial charge in [0.05, 0.1) is 16.8 Å².